The highest BCUT2D eigenvalue weighted by molar-refractivity contribution is 7.90. The summed E-state index contributed by atoms with van der Waals surface area (Å²) in [5.41, 5.74) is 0. The van der Waals surface area contributed by atoms with E-state index in [-0.39, 0.29) is 6.04 Å². The van der Waals surface area contributed by atoms with Gasteiger partial charge in [0.05, 0.1) is 0 Å². The molecule has 7 heteroatoms. The molecule has 0 radical (unpaired) electrons. The average molecular weight is 264 g/mol. The summed E-state index contributed by atoms with van der Waals surface area (Å²) in [7, 11) is -1.77. The Morgan fingerprint density at radius 1 is 1.53 bits per heavy atom. The minimum Gasteiger partial charge on any atom is -0.480 e. The number of sulfonamides is 1. The summed E-state index contributed by atoms with van der Waals surface area (Å²) in [5.74, 6) is -1.32. The van der Waals surface area contributed by atoms with Crippen molar-refractivity contribution in [2.75, 3.05) is 13.6 Å². The molecule has 6 nitrogen and oxygen atoms in total. The summed E-state index contributed by atoms with van der Waals surface area (Å²) in [5, 5.41) is 7.31. The lowest BCUT2D eigenvalue weighted by Crippen LogP contribution is -2.50. The minimum atomic E-state index is -3.77. The standard InChI is InChI=1S/C10H20N2O4S/c1-7-6-9(4-5-12(7)3)11-17(15,16)8(2)10(13)14/h7-9,11H,4-6H2,1-3H3,(H,13,14). The summed E-state index contributed by atoms with van der Waals surface area (Å²) >= 11 is 0. The maximum atomic E-state index is 11.7. The van der Waals surface area contributed by atoms with Crippen molar-refractivity contribution in [3.05, 3.63) is 0 Å². The number of aliphatic carboxylic acids is 1. The van der Waals surface area contributed by atoms with Gasteiger partial charge in [-0.2, -0.15) is 0 Å². The summed E-state index contributed by atoms with van der Waals surface area (Å²) < 4.78 is 25.9. The molecule has 3 atom stereocenters. The number of hydrogen-bond acceptors (Lipinski definition) is 4. The van der Waals surface area contributed by atoms with Crippen molar-refractivity contribution in [2.24, 2.45) is 0 Å². The Hall–Kier alpha value is -0.660. The predicted octanol–water partition coefficient (Wildman–Crippen LogP) is -0.138. The minimum absolute atomic E-state index is 0.159. The van der Waals surface area contributed by atoms with Gasteiger partial charge in [-0.3, -0.25) is 4.79 Å². The molecule has 1 aliphatic rings. The molecule has 1 aliphatic heterocycles. The third kappa shape index (κ3) is 3.65. The van der Waals surface area contributed by atoms with E-state index in [2.05, 4.69) is 9.62 Å². The first-order valence-electron chi connectivity index (χ1n) is 5.68. The molecule has 0 spiro atoms. The normalized spacial score (nSPS) is 28.9. The van der Waals surface area contributed by atoms with Crippen LogP contribution in [0.25, 0.3) is 0 Å². The molecule has 0 aromatic heterocycles. The molecule has 17 heavy (non-hydrogen) atoms. The lowest BCUT2D eigenvalue weighted by molar-refractivity contribution is -0.136. The molecule has 0 aromatic rings. The number of carbonyl (C=O) groups is 1. The molecular formula is C10H20N2O4S. The number of carboxylic acid groups (broad SMARTS) is 1. The number of hydrogen-bond donors (Lipinski definition) is 2. The third-order valence-electron chi connectivity index (χ3n) is 3.35. The zero-order valence-electron chi connectivity index (χ0n) is 10.4. The van der Waals surface area contributed by atoms with Gasteiger partial charge in [-0.15, -0.1) is 0 Å². The van der Waals surface area contributed by atoms with Gasteiger partial charge in [-0.05, 0) is 40.3 Å². The lowest BCUT2D eigenvalue weighted by atomic mass is 10.0. The van der Waals surface area contributed by atoms with Crippen LogP contribution in [0.15, 0.2) is 0 Å². The monoisotopic (exact) mass is 264 g/mol. The molecule has 1 heterocycles. The zero-order chi connectivity index (χ0) is 13.2. The Kier molecular flexibility index (Phi) is 4.51. The Balaban J connectivity index is 2.63. The second kappa shape index (κ2) is 5.32. The first kappa shape index (κ1) is 14.4. The van der Waals surface area contributed by atoms with Crippen molar-refractivity contribution in [2.45, 2.75) is 44.0 Å². The summed E-state index contributed by atoms with van der Waals surface area (Å²) in [4.78, 5) is 12.8. The molecule has 0 saturated carbocycles. The van der Waals surface area contributed by atoms with E-state index in [0.29, 0.717) is 18.9 Å². The first-order chi connectivity index (χ1) is 7.74. The van der Waals surface area contributed by atoms with Crippen molar-refractivity contribution < 1.29 is 18.3 Å². The number of nitrogens with zero attached hydrogens (tertiary/aromatic N) is 1. The number of carboxylic acids is 1. The van der Waals surface area contributed by atoms with Crippen LogP contribution in [0.5, 0.6) is 0 Å². The van der Waals surface area contributed by atoms with Crippen LogP contribution >= 0.6 is 0 Å². The Morgan fingerprint density at radius 3 is 2.59 bits per heavy atom. The van der Waals surface area contributed by atoms with Gasteiger partial charge in [0.15, 0.2) is 5.25 Å². The van der Waals surface area contributed by atoms with Gasteiger partial charge in [0.2, 0.25) is 10.0 Å². The number of nitrogens with one attached hydrogen (secondary N) is 1. The van der Waals surface area contributed by atoms with Crippen molar-refractivity contribution >= 4 is 16.0 Å². The fraction of sp³-hybridized carbons (Fsp3) is 0.900. The van der Waals surface area contributed by atoms with Crippen LogP contribution in [-0.2, 0) is 14.8 Å². The van der Waals surface area contributed by atoms with Crippen LogP contribution in [0.4, 0.5) is 0 Å². The predicted molar refractivity (Wildman–Crippen MR) is 64.3 cm³/mol. The molecule has 0 aliphatic carbocycles. The quantitative estimate of drug-likeness (QED) is 0.738. The van der Waals surface area contributed by atoms with Crippen LogP contribution in [-0.4, -0.2) is 55.3 Å². The van der Waals surface area contributed by atoms with Crippen LogP contribution < -0.4 is 4.72 Å². The highest BCUT2D eigenvalue weighted by atomic mass is 32.2. The van der Waals surface area contributed by atoms with Gasteiger partial charge in [0.25, 0.3) is 0 Å². The van der Waals surface area contributed by atoms with E-state index >= 15 is 0 Å². The average Bonchev–Trinajstić information content (AvgIpc) is 2.22. The van der Waals surface area contributed by atoms with Crippen molar-refractivity contribution in [1.29, 1.82) is 0 Å². The lowest BCUT2D eigenvalue weighted by Gasteiger charge is -2.35. The van der Waals surface area contributed by atoms with Crippen molar-refractivity contribution in [3.8, 4) is 0 Å². The number of likely N-dealkylation sites (tertiary alicyclic amines) is 1. The van der Waals surface area contributed by atoms with Gasteiger partial charge in [-0.25, -0.2) is 13.1 Å². The molecule has 0 bridgehead atoms. The molecular weight excluding hydrogens is 244 g/mol. The van der Waals surface area contributed by atoms with Crippen molar-refractivity contribution in [3.63, 3.8) is 0 Å². The van der Waals surface area contributed by atoms with Gasteiger partial charge < -0.3 is 10.0 Å². The van der Waals surface area contributed by atoms with Crippen molar-refractivity contribution in [1.82, 2.24) is 9.62 Å². The zero-order valence-corrected chi connectivity index (χ0v) is 11.2. The van der Waals surface area contributed by atoms with Crippen LogP contribution in [0.2, 0.25) is 0 Å². The van der Waals surface area contributed by atoms with Gasteiger partial charge in [0.1, 0.15) is 0 Å². The van der Waals surface area contributed by atoms with E-state index in [1.165, 1.54) is 6.92 Å². The van der Waals surface area contributed by atoms with E-state index in [1.54, 1.807) is 0 Å². The maximum Gasteiger partial charge on any atom is 0.323 e. The van der Waals surface area contributed by atoms with Gasteiger partial charge in [0, 0.05) is 12.1 Å². The summed E-state index contributed by atoms with van der Waals surface area (Å²) in [6.07, 6.45) is 1.43. The van der Waals surface area contributed by atoms with Crippen LogP contribution in [0, 0.1) is 0 Å². The van der Waals surface area contributed by atoms with Crippen LogP contribution in [0.1, 0.15) is 26.7 Å². The molecule has 1 fully saturated rings. The topological polar surface area (TPSA) is 86.7 Å². The third-order valence-corrected chi connectivity index (χ3v) is 5.15. The van der Waals surface area contributed by atoms with E-state index < -0.39 is 21.2 Å². The van der Waals surface area contributed by atoms with Crippen LogP contribution in [0.3, 0.4) is 0 Å². The van der Waals surface area contributed by atoms with E-state index in [1.807, 2.05) is 14.0 Å². The number of piperidine rings is 1. The SMILES string of the molecule is CC1CC(NS(=O)(=O)C(C)C(=O)O)CCN1C. The summed E-state index contributed by atoms with van der Waals surface area (Å²) in [6, 6.07) is 0.143. The fourth-order valence-electron chi connectivity index (χ4n) is 1.86. The van der Waals surface area contributed by atoms with E-state index in [9.17, 15) is 13.2 Å². The second-order valence-corrected chi connectivity index (χ2v) is 6.73. The molecule has 1 rings (SSSR count). The fourth-order valence-corrected chi connectivity index (χ4v) is 3.01. The van der Waals surface area contributed by atoms with Gasteiger partial charge in [-0.1, -0.05) is 0 Å². The highest BCUT2D eigenvalue weighted by Crippen LogP contribution is 2.16. The van der Waals surface area contributed by atoms with E-state index in [4.69, 9.17) is 5.11 Å². The summed E-state index contributed by atoms with van der Waals surface area (Å²) in [6.45, 7) is 4.03. The molecule has 3 unspecified atom stereocenters. The molecule has 100 valence electrons. The first-order valence-corrected chi connectivity index (χ1v) is 7.23. The Bertz CT molecular complexity index is 382. The molecule has 0 amide bonds. The molecule has 2 N–H and O–H groups in total. The molecule has 0 aromatic carbocycles. The Morgan fingerprint density at radius 2 is 2.12 bits per heavy atom. The second-order valence-electron chi connectivity index (χ2n) is 4.69. The smallest absolute Gasteiger partial charge is 0.323 e. The molecule has 1 saturated heterocycles. The van der Waals surface area contributed by atoms with Gasteiger partial charge >= 0.3 is 5.97 Å². The largest absolute Gasteiger partial charge is 0.480 e. The maximum absolute atomic E-state index is 11.7. The van der Waals surface area contributed by atoms with E-state index in [0.717, 1.165) is 6.54 Å². The number of rotatable bonds is 4. The Labute approximate surface area is 102 Å². The highest BCUT2D eigenvalue weighted by Gasteiger charge is 2.32.